The molecule has 2 heteroatoms. The standard InChI is InChI=1S/C14H19NO/c1-2-5-12(6-3-1)13-9-14(16-10-13)7-4-8-15-11-14/h1-3,5-6,13,15H,4,7-11H2/t13-,14-/m1/s1. The van der Waals surface area contributed by atoms with Gasteiger partial charge in [0.2, 0.25) is 0 Å². The van der Waals surface area contributed by atoms with E-state index in [4.69, 9.17) is 4.74 Å². The highest BCUT2D eigenvalue weighted by molar-refractivity contribution is 5.21. The van der Waals surface area contributed by atoms with Crippen molar-refractivity contribution in [2.24, 2.45) is 0 Å². The predicted molar refractivity (Wildman–Crippen MR) is 64.6 cm³/mol. The van der Waals surface area contributed by atoms with E-state index in [0.29, 0.717) is 5.92 Å². The van der Waals surface area contributed by atoms with Crippen LogP contribution in [0.2, 0.25) is 0 Å². The molecule has 2 heterocycles. The van der Waals surface area contributed by atoms with E-state index in [1.165, 1.54) is 24.8 Å². The molecule has 2 aliphatic rings. The van der Waals surface area contributed by atoms with Crippen molar-refractivity contribution in [2.75, 3.05) is 19.7 Å². The minimum Gasteiger partial charge on any atom is -0.373 e. The van der Waals surface area contributed by atoms with Gasteiger partial charge in [-0.15, -0.1) is 0 Å². The molecule has 3 rings (SSSR count). The Labute approximate surface area is 97.0 Å². The highest BCUT2D eigenvalue weighted by Crippen LogP contribution is 2.39. The lowest BCUT2D eigenvalue weighted by Crippen LogP contribution is -2.45. The van der Waals surface area contributed by atoms with Crippen molar-refractivity contribution in [3.8, 4) is 0 Å². The second kappa shape index (κ2) is 4.19. The molecular weight excluding hydrogens is 198 g/mol. The molecule has 86 valence electrons. The van der Waals surface area contributed by atoms with Gasteiger partial charge in [0.05, 0.1) is 12.2 Å². The average Bonchev–Trinajstić information content (AvgIpc) is 2.75. The normalized spacial score (nSPS) is 34.4. The first kappa shape index (κ1) is 10.3. The van der Waals surface area contributed by atoms with Crippen molar-refractivity contribution in [1.29, 1.82) is 0 Å². The van der Waals surface area contributed by atoms with Gasteiger partial charge in [-0.25, -0.2) is 0 Å². The first-order valence-electron chi connectivity index (χ1n) is 6.28. The van der Waals surface area contributed by atoms with Crippen LogP contribution in [-0.2, 0) is 4.74 Å². The molecule has 0 aliphatic carbocycles. The van der Waals surface area contributed by atoms with E-state index >= 15 is 0 Å². The second-order valence-electron chi connectivity index (χ2n) is 5.09. The van der Waals surface area contributed by atoms with Crippen molar-refractivity contribution in [1.82, 2.24) is 5.32 Å². The molecule has 0 saturated carbocycles. The zero-order chi connectivity index (χ0) is 10.8. The van der Waals surface area contributed by atoms with Crippen LogP contribution >= 0.6 is 0 Å². The van der Waals surface area contributed by atoms with E-state index in [9.17, 15) is 0 Å². The summed E-state index contributed by atoms with van der Waals surface area (Å²) in [7, 11) is 0. The molecule has 0 unspecified atom stereocenters. The van der Waals surface area contributed by atoms with Gasteiger partial charge in [-0.2, -0.15) is 0 Å². The van der Waals surface area contributed by atoms with Gasteiger partial charge < -0.3 is 10.1 Å². The van der Waals surface area contributed by atoms with Crippen molar-refractivity contribution >= 4 is 0 Å². The molecule has 16 heavy (non-hydrogen) atoms. The zero-order valence-corrected chi connectivity index (χ0v) is 9.61. The fraction of sp³-hybridized carbons (Fsp3) is 0.571. The molecule has 2 fully saturated rings. The van der Waals surface area contributed by atoms with Crippen LogP contribution in [0.3, 0.4) is 0 Å². The van der Waals surface area contributed by atoms with Gasteiger partial charge in [0.1, 0.15) is 0 Å². The Morgan fingerprint density at radius 1 is 1.25 bits per heavy atom. The number of ether oxygens (including phenoxy) is 1. The van der Waals surface area contributed by atoms with Crippen LogP contribution in [-0.4, -0.2) is 25.3 Å². The van der Waals surface area contributed by atoms with Crippen LogP contribution in [0.5, 0.6) is 0 Å². The highest BCUT2D eigenvalue weighted by Gasteiger charge is 2.41. The molecule has 1 spiro atoms. The fourth-order valence-electron chi connectivity index (χ4n) is 3.02. The van der Waals surface area contributed by atoms with E-state index in [1.807, 2.05) is 0 Å². The first-order valence-corrected chi connectivity index (χ1v) is 6.28. The summed E-state index contributed by atoms with van der Waals surface area (Å²) in [5.41, 5.74) is 1.57. The summed E-state index contributed by atoms with van der Waals surface area (Å²) in [6, 6.07) is 10.8. The Balaban J connectivity index is 1.73. The summed E-state index contributed by atoms with van der Waals surface area (Å²) in [6.07, 6.45) is 3.66. The average molecular weight is 217 g/mol. The van der Waals surface area contributed by atoms with E-state index in [0.717, 1.165) is 19.7 Å². The smallest absolute Gasteiger partial charge is 0.0813 e. The lowest BCUT2D eigenvalue weighted by molar-refractivity contribution is -0.0139. The summed E-state index contributed by atoms with van der Waals surface area (Å²) in [5, 5.41) is 3.46. The molecule has 0 radical (unpaired) electrons. The van der Waals surface area contributed by atoms with Crippen LogP contribution in [0.15, 0.2) is 30.3 Å². The minimum absolute atomic E-state index is 0.138. The Bertz CT molecular complexity index is 343. The van der Waals surface area contributed by atoms with Crippen molar-refractivity contribution in [3.63, 3.8) is 0 Å². The molecule has 2 atom stereocenters. The van der Waals surface area contributed by atoms with Gasteiger partial charge in [0, 0.05) is 12.5 Å². The first-order chi connectivity index (χ1) is 7.88. The zero-order valence-electron chi connectivity index (χ0n) is 9.61. The summed E-state index contributed by atoms with van der Waals surface area (Å²) in [6.45, 7) is 3.09. The van der Waals surface area contributed by atoms with Crippen LogP contribution < -0.4 is 5.32 Å². The quantitative estimate of drug-likeness (QED) is 0.779. The number of piperidine rings is 1. The summed E-state index contributed by atoms with van der Waals surface area (Å²) in [4.78, 5) is 0. The molecule has 2 aliphatic heterocycles. The lowest BCUT2D eigenvalue weighted by atomic mass is 9.85. The molecule has 1 aromatic rings. The van der Waals surface area contributed by atoms with E-state index in [1.54, 1.807) is 0 Å². The van der Waals surface area contributed by atoms with Crippen LogP contribution in [0, 0.1) is 0 Å². The molecule has 0 bridgehead atoms. The summed E-state index contributed by atoms with van der Waals surface area (Å²) in [5.74, 6) is 0.598. The van der Waals surface area contributed by atoms with Gasteiger partial charge in [-0.05, 0) is 31.4 Å². The van der Waals surface area contributed by atoms with Gasteiger partial charge in [0.15, 0.2) is 0 Å². The van der Waals surface area contributed by atoms with Gasteiger partial charge in [0.25, 0.3) is 0 Å². The largest absolute Gasteiger partial charge is 0.373 e. The Hall–Kier alpha value is -0.860. The SMILES string of the molecule is c1ccc([C@H]2CO[C@]3(CCCNC3)C2)cc1. The molecule has 1 N–H and O–H groups in total. The molecule has 1 aromatic carbocycles. The maximum Gasteiger partial charge on any atom is 0.0813 e. The van der Waals surface area contributed by atoms with Crippen molar-refractivity contribution in [3.05, 3.63) is 35.9 Å². The number of rotatable bonds is 1. The number of benzene rings is 1. The molecule has 2 saturated heterocycles. The Morgan fingerprint density at radius 3 is 2.88 bits per heavy atom. The molecular formula is C14H19NO. The summed E-state index contributed by atoms with van der Waals surface area (Å²) >= 11 is 0. The Morgan fingerprint density at radius 2 is 2.12 bits per heavy atom. The second-order valence-corrected chi connectivity index (χ2v) is 5.09. The molecule has 0 amide bonds. The van der Waals surface area contributed by atoms with Crippen molar-refractivity contribution < 1.29 is 4.74 Å². The maximum atomic E-state index is 6.09. The van der Waals surface area contributed by atoms with Gasteiger partial charge in [-0.1, -0.05) is 30.3 Å². The van der Waals surface area contributed by atoms with Gasteiger partial charge >= 0.3 is 0 Å². The number of nitrogens with one attached hydrogen (secondary N) is 1. The van der Waals surface area contributed by atoms with Crippen LogP contribution in [0.4, 0.5) is 0 Å². The number of hydrogen-bond acceptors (Lipinski definition) is 2. The van der Waals surface area contributed by atoms with E-state index < -0.39 is 0 Å². The van der Waals surface area contributed by atoms with Crippen molar-refractivity contribution in [2.45, 2.75) is 30.8 Å². The topological polar surface area (TPSA) is 21.3 Å². The number of hydrogen-bond donors (Lipinski definition) is 1. The molecule has 0 aromatic heterocycles. The third-order valence-electron chi connectivity index (χ3n) is 3.91. The fourth-order valence-corrected chi connectivity index (χ4v) is 3.02. The van der Waals surface area contributed by atoms with Gasteiger partial charge in [-0.3, -0.25) is 0 Å². The third-order valence-corrected chi connectivity index (χ3v) is 3.91. The van der Waals surface area contributed by atoms with Crippen LogP contribution in [0.25, 0.3) is 0 Å². The monoisotopic (exact) mass is 217 g/mol. The van der Waals surface area contributed by atoms with Crippen LogP contribution in [0.1, 0.15) is 30.7 Å². The summed E-state index contributed by atoms with van der Waals surface area (Å²) < 4.78 is 6.09. The van der Waals surface area contributed by atoms with E-state index in [2.05, 4.69) is 35.6 Å². The predicted octanol–water partition coefficient (Wildman–Crippen LogP) is 2.31. The highest BCUT2D eigenvalue weighted by atomic mass is 16.5. The third kappa shape index (κ3) is 1.87. The van der Waals surface area contributed by atoms with E-state index in [-0.39, 0.29) is 5.60 Å². The maximum absolute atomic E-state index is 6.09. The molecule has 2 nitrogen and oxygen atoms in total. The lowest BCUT2D eigenvalue weighted by Gasteiger charge is -2.33. The minimum atomic E-state index is 0.138. The Kier molecular flexibility index (Phi) is 2.70.